The number of rotatable bonds is 55. The molecule has 0 rings (SSSR count). The van der Waals surface area contributed by atoms with Crippen LogP contribution in [0.1, 0.15) is 290 Å². The van der Waals surface area contributed by atoms with Gasteiger partial charge in [0.25, 0.3) is 0 Å². The van der Waals surface area contributed by atoms with Crippen molar-refractivity contribution in [2.45, 2.75) is 297 Å². The molecule has 0 bridgehead atoms. The summed E-state index contributed by atoms with van der Waals surface area (Å²) < 4.78 is 16.8. The van der Waals surface area contributed by atoms with E-state index in [1.54, 1.807) is 0 Å². The van der Waals surface area contributed by atoms with Crippen LogP contribution in [0.15, 0.2) is 97.2 Å². The fraction of sp³-hybridized carbons (Fsp3) is 0.716. The fourth-order valence-corrected chi connectivity index (χ4v) is 8.48. The van der Waals surface area contributed by atoms with Crippen LogP contribution in [0, 0.1) is 0 Å². The standard InChI is InChI=1S/C67H114O6/c1-4-7-10-13-16-19-21-23-25-26-27-28-29-30-31-32-33-34-35-36-37-38-39-40-42-43-45-48-51-54-57-60-66(69)72-63-64(62-71-65(68)59-56-53-50-47-18-15-12-9-6-3)73-67(70)61-58-55-52-49-46-44-41-24-22-20-17-14-11-8-5-2/h7,10,16,19,23-25,27-28,30-31,33-34,36-37,41,64H,4-6,8-9,11-15,17-18,20-22,26,29,32,35,38-40,42-63H2,1-3H3/b10-7-,19-16-,25-23-,28-27-,31-30-,34-33-,37-36-,41-24-. The van der Waals surface area contributed by atoms with Crippen LogP contribution in [-0.4, -0.2) is 37.2 Å². The lowest BCUT2D eigenvalue weighted by Gasteiger charge is -2.18. The number of ether oxygens (including phenoxy) is 3. The van der Waals surface area contributed by atoms with Crippen LogP contribution in [0.4, 0.5) is 0 Å². The average Bonchev–Trinajstić information content (AvgIpc) is 3.39. The molecule has 0 aliphatic carbocycles. The van der Waals surface area contributed by atoms with Gasteiger partial charge in [-0.2, -0.15) is 0 Å². The molecule has 1 unspecified atom stereocenters. The minimum atomic E-state index is -0.781. The summed E-state index contributed by atoms with van der Waals surface area (Å²) in [5.41, 5.74) is 0. The first-order chi connectivity index (χ1) is 36.0. The first-order valence-electron chi connectivity index (χ1n) is 30.7. The highest BCUT2D eigenvalue weighted by Gasteiger charge is 2.19. The maximum atomic E-state index is 12.8. The molecule has 0 aromatic rings. The molecule has 0 fully saturated rings. The number of hydrogen-bond donors (Lipinski definition) is 0. The molecule has 0 heterocycles. The van der Waals surface area contributed by atoms with Crippen LogP contribution >= 0.6 is 0 Å². The zero-order valence-corrected chi connectivity index (χ0v) is 47.9. The Bertz CT molecular complexity index is 1440. The Labute approximate surface area is 451 Å². The normalized spacial score (nSPS) is 12.8. The summed E-state index contributed by atoms with van der Waals surface area (Å²) >= 11 is 0. The Morgan fingerprint density at radius 2 is 0.534 bits per heavy atom. The summed E-state index contributed by atoms with van der Waals surface area (Å²) in [6, 6.07) is 0. The molecule has 6 nitrogen and oxygen atoms in total. The van der Waals surface area contributed by atoms with Crippen LogP contribution in [0.5, 0.6) is 0 Å². The summed E-state index contributed by atoms with van der Waals surface area (Å²) in [7, 11) is 0. The molecule has 0 amide bonds. The Kier molecular flexibility index (Phi) is 57.8. The maximum Gasteiger partial charge on any atom is 0.306 e. The monoisotopic (exact) mass is 1010 g/mol. The average molecular weight is 1020 g/mol. The summed E-state index contributed by atoms with van der Waals surface area (Å²) in [5, 5.41) is 0. The fourth-order valence-electron chi connectivity index (χ4n) is 8.48. The van der Waals surface area contributed by atoms with Crippen LogP contribution in [0.2, 0.25) is 0 Å². The van der Waals surface area contributed by atoms with Crippen molar-refractivity contribution in [1.82, 2.24) is 0 Å². The van der Waals surface area contributed by atoms with E-state index < -0.39 is 6.10 Å². The molecule has 0 aromatic heterocycles. The van der Waals surface area contributed by atoms with E-state index in [2.05, 4.69) is 118 Å². The highest BCUT2D eigenvalue weighted by molar-refractivity contribution is 5.71. The smallest absolute Gasteiger partial charge is 0.306 e. The van der Waals surface area contributed by atoms with Gasteiger partial charge in [0.1, 0.15) is 13.2 Å². The van der Waals surface area contributed by atoms with Gasteiger partial charge in [-0.15, -0.1) is 0 Å². The number of carbonyl (C=O) groups is 3. The van der Waals surface area contributed by atoms with Crippen LogP contribution in [-0.2, 0) is 28.6 Å². The van der Waals surface area contributed by atoms with Gasteiger partial charge in [0, 0.05) is 19.3 Å². The Morgan fingerprint density at radius 1 is 0.288 bits per heavy atom. The number of unbranched alkanes of at least 4 members (excludes halogenated alkanes) is 28. The zero-order valence-electron chi connectivity index (χ0n) is 47.9. The van der Waals surface area contributed by atoms with E-state index in [-0.39, 0.29) is 31.1 Å². The van der Waals surface area contributed by atoms with Gasteiger partial charge >= 0.3 is 17.9 Å². The molecule has 0 aliphatic heterocycles. The van der Waals surface area contributed by atoms with Crippen molar-refractivity contribution in [3.05, 3.63) is 97.2 Å². The van der Waals surface area contributed by atoms with Gasteiger partial charge in [-0.25, -0.2) is 0 Å². The molecule has 0 aromatic carbocycles. The number of esters is 3. The third kappa shape index (κ3) is 59.1. The molecule has 0 saturated carbocycles. The van der Waals surface area contributed by atoms with Gasteiger partial charge in [0.15, 0.2) is 6.10 Å². The second kappa shape index (κ2) is 60.9. The van der Waals surface area contributed by atoms with Crippen molar-refractivity contribution in [1.29, 1.82) is 0 Å². The molecule has 0 radical (unpaired) electrons. The molecule has 1 atom stereocenters. The third-order valence-corrected chi connectivity index (χ3v) is 13.1. The largest absolute Gasteiger partial charge is 0.462 e. The molecule has 0 saturated heterocycles. The van der Waals surface area contributed by atoms with Crippen LogP contribution in [0.25, 0.3) is 0 Å². The van der Waals surface area contributed by atoms with E-state index in [4.69, 9.17) is 14.2 Å². The van der Waals surface area contributed by atoms with Crippen molar-refractivity contribution in [3.63, 3.8) is 0 Å². The van der Waals surface area contributed by atoms with Crippen LogP contribution in [0.3, 0.4) is 0 Å². The lowest BCUT2D eigenvalue weighted by Crippen LogP contribution is -2.30. The van der Waals surface area contributed by atoms with Gasteiger partial charge in [0.2, 0.25) is 0 Å². The molecule has 0 spiro atoms. The number of hydrogen-bond acceptors (Lipinski definition) is 6. The SMILES string of the molecule is CC/C=C\C/C=C\C/C=C\C/C=C\C/C=C\C/C=C\C/C=C\CCCCCCCCCCCC(=O)OCC(COC(=O)CCCCCCCCCCC)OC(=O)CCCCCCC/C=C\CCCCCCCC. The van der Waals surface area contributed by atoms with Gasteiger partial charge < -0.3 is 14.2 Å². The van der Waals surface area contributed by atoms with Gasteiger partial charge in [-0.1, -0.05) is 266 Å². The zero-order chi connectivity index (χ0) is 52.9. The van der Waals surface area contributed by atoms with Crippen molar-refractivity contribution in [3.8, 4) is 0 Å². The summed E-state index contributed by atoms with van der Waals surface area (Å²) in [4.78, 5) is 38.1. The maximum absolute atomic E-state index is 12.8. The highest BCUT2D eigenvalue weighted by Crippen LogP contribution is 2.15. The third-order valence-electron chi connectivity index (χ3n) is 13.1. The minimum Gasteiger partial charge on any atom is -0.462 e. The second-order valence-electron chi connectivity index (χ2n) is 20.2. The number of carbonyl (C=O) groups excluding carboxylic acids is 3. The Morgan fingerprint density at radius 3 is 0.849 bits per heavy atom. The van der Waals surface area contributed by atoms with E-state index in [0.29, 0.717) is 19.3 Å². The molecule has 6 heteroatoms. The van der Waals surface area contributed by atoms with E-state index in [1.165, 1.54) is 128 Å². The lowest BCUT2D eigenvalue weighted by atomic mass is 10.1. The summed E-state index contributed by atoms with van der Waals surface area (Å²) in [6.45, 7) is 6.50. The second-order valence-corrected chi connectivity index (χ2v) is 20.2. The minimum absolute atomic E-state index is 0.0799. The van der Waals surface area contributed by atoms with Crippen molar-refractivity contribution >= 4 is 17.9 Å². The van der Waals surface area contributed by atoms with Gasteiger partial charge in [-0.3, -0.25) is 14.4 Å². The summed E-state index contributed by atoms with van der Waals surface area (Å²) in [5.74, 6) is -0.892. The lowest BCUT2D eigenvalue weighted by molar-refractivity contribution is -0.167. The quantitative estimate of drug-likeness (QED) is 0.0261. The molecule has 0 aliphatic rings. The molecular formula is C67H114O6. The van der Waals surface area contributed by atoms with E-state index >= 15 is 0 Å². The predicted molar refractivity (Wildman–Crippen MR) is 316 cm³/mol. The Hall–Kier alpha value is -3.67. The Balaban J connectivity index is 4.19. The first kappa shape index (κ1) is 69.3. The van der Waals surface area contributed by atoms with E-state index in [9.17, 15) is 14.4 Å². The van der Waals surface area contributed by atoms with E-state index in [0.717, 1.165) is 122 Å². The molecule has 418 valence electrons. The predicted octanol–water partition coefficient (Wildman–Crippen LogP) is 20.9. The first-order valence-corrected chi connectivity index (χ1v) is 30.7. The van der Waals surface area contributed by atoms with E-state index in [1.807, 2.05) is 0 Å². The molecular weight excluding hydrogens is 901 g/mol. The van der Waals surface area contributed by atoms with Crippen molar-refractivity contribution in [2.24, 2.45) is 0 Å². The van der Waals surface area contributed by atoms with Crippen molar-refractivity contribution in [2.75, 3.05) is 13.2 Å². The number of allylic oxidation sites excluding steroid dienone is 16. The van der Waals surface area contributed by atoms with Gasteiger partial charge in [0.05, 0.1) is 0 Å². The topological polar surface area (TPSA) is 78.9 Å². The van der Waals surface area contributed by atoms with Gasteiger partial charge in [-0.05, 0) is 103 Å². The molecule has 0 N–H and O–H groups in total. The highest BCUT2D eigenvalue weighted by atomic mass is 16.6. The molecule has 73 heavy (non-hydrogen) atoms. The van der Waals surface area contributed by atoms with Crippen molar-refractivity contribution < 1.29 is 28.6 Å². The summed E-state index contributed by atoms with van der Waals surface area (Å²) in [6.07, 6.45) is 81.3. The van der Waals surface area contributed by atoms with Crippen LogP contribution < -0.4 is 0 Å².